The summed E-state index contributed by atoms with van der Waals surface area (Å²) >= 11 is 0. The zero-order valence-corrected chi connectivity index (χ0v) is 11.5. The number of carbonyl (C=O) groups is 1. The molecule has 2 unspecified atom stereocenters. The first kappa shape index (κ1) is 14.3. The Bertz CT molecular complexity index is 259. The first-order chi connectivity index (χ1) is 7.78. The summed E-state index contributed by atoms with van der Waals surface area (Å²) < 4.78 is 5.39. The van der Waals surface area contributed by atoms with Gasteiger partial charge < -0.3 is 15.4 Å². The van der Waals surface area contributed by atoms with Gasteiger partial charge in [-0.25, -0.2) is 4.79 Å². The second-order valence-corrected chi connectivity index (χ2v) is 6.15. The minimum atomic E-state index is -0.412. The fourth-order valence-corrected chi connectivity index (χ4v) is 2.28. The number of ether oxygens (including phenoxy) is 1. The molecule has 2 atom stereocenters. The van der Waals surface area contributed by atoms with E-state index in [0.717, 1.165) is 25.9 Å². The van der Waals surface area contributed by atoms with Crippen LogP contribution in [0.1, 0.15) is 47.0 Å². The molecule has 0 aromatic heterocycles. The number of nitrogens with zero attached hydrogens (tertiary/aromatic N) is 1. The van der Waals surface area contributed by atoms with Gasteiger partial charge in [-0.2, -0.15) is 0 Å². The van der Waals surface area contributed by atoms with Crippen LogP contribution in [-0.2, 0) is 4.74 Å². The zero-order chi connectivity index (χ0) is 13.1. The summed E-state index contributed by atoms with van der Waals surface area (Å²) in [5.41, 5.74) is 5.40. The molecule has 2 N–H and O–H groups in total. The van der Waals surface area contributed by atoms with Crippen molar-refractivity contribution < 1.29 is 9.53 Å². The number of likely N-dealkylation sites (tertiary alicyclic amines) is 1. The van der Waals surface area contributed by atoms with Gasteiger partial charge in [0, 0.05) is 19.1 Å². The molecule has 17 heavy (non-hydrogen) atoms. The van der Waals surface area contributed by atoms with Gasteiger partial charge in [0.05, 0.1) is 0 Å². The molecule has 0 spiro atoms. The lowest BCUT2D eigenvalue weighted by Crippen LogP contribution is -2.43. The molecular weight excluding hydrogens is 216 g/mol. The Kier molecular flexibility index (Phi) is 4.80. The molecule has 4 heteroatoms. The summed E-state index contributed by atoms with van der Waals surface area (Å²) in [5, 5.41) is 0. The van der Waals surface area contributed by atoms with Crippen LogP contribution < -0.4 is 5.73 Å². The van der Waals surface area contributed by atoms with Crippen LogP contribution in [0.4, 0.5) is 4.79 Å². The van der Waals surface area contributed by atoms with Crippen molar-refractivity contribution in [1.82, 2.24) is 4.90 Å². The van der Waals surface area contributed by atoms with Gasteiger partial charge in [0.2, 0.25) is 0 Å². The average molecular weight is 242 g/mol. The van der Waals surface area contributed by atoms with Crippen LogP contribution in [0, 0.1) is 5.92 Å². The lowest BCUT2D eigenvalue weighted by molar-refractivity contribution is 0.0159. The number of hydrogen-bond donors (Lipinski definition) is 1. The molecule has 0 aliphatic carbocycles. The first-order valence-corrected chi connectivity index (χ1v) is 6.51. The Morgan fingerprint density at radius 2 is 2.18 bits per heavy atom. The van der Waals surface area contributed by atoms with Crippen LogP contribution in [0.3, 0.4) is 0 Å². The maximum atomic E-state index is 11.9. The van der Waals surface area contributed by atoms with E-state index >= 15 is 0 Å². The highest BCUT2D eigenvalue weighted by molar-refractivity contribution is 5.68. The van der Waals surface area contributed by atoms with Gasteiger partial charge in [-0.1, -0.05) is 0 Å². The Hall–Kier alpha value is -0.770. The highest BCUT2D eigenvalue weighted by Gasteiger charge is 2.27. The van der Waals surface area contributed by atoms with E-state index in [2.05, 4.69) is 0 Å². The Labute approximate surface area is 104 Å². The molecular formula is C13H26N2O2. The molecule has 0 aromatic rings. The van der Waals surface area contributed by atoms with Crippen LogP contribution in [0.25, 0.3) is 0 Å². The second-order valence-electron chi connectivity index (χ2n) is 6.15. The Balaban J connectivity index is 2.46. The standard InChI is InChI=1S/C13H26N2O2/c1-10(14)8-11-6-5-7-15(9-11)12(16)17-13(2,3)4/h10-11H,5-9,14H2,1-4H3. The van der Waals surface area contributed by atoms with Crippen LogP contribution in [0.15, 0.2) is 0 Å². The van der Waals surface area contributed by atoms with Crippen molar-refractivity contribution in [2.24, 2.45) is 11.7 Å². The minimum absolute atomic E-state index is 0.188. The quantitative estimate of drug-likeness (QED) is 0.808. The maximum Gasteiger partial charge on any atom is 0.410 e. The highest BCUT2D eigenvalue weighted by Crippen LogP contribution is 2.22. The number of rotatable bonds is 2. The van der Waals surface area contributed by atoms with Gasteiger partial charge >= 0.3 is 6.09 Å². The number of carbonyl (C=O) groups excluding carboxylic acids is 1. The van der Waals surface area contributed by atoms with Gasteiger partial charge in [0.25, 0.3) is 0 Å². The molecule has 4 nitrogen and oxygen atoms in total. The fourth-order valence-electron chi connectivity index (χ4n) is 2.28. The predicted octanol–water partition coefficient (Wildman–Crippen LogP) is 2.37. The molecule has 1 saturated heterocycles. The smallest absolute Gasteiger partial charge is 0.410 e. The van der Waals surface area contributed by atoms with Crippen LogP contribution in [0.5, 0.6) is 0 Å². The normalized spacial score (nSPS) is 23.4. The molecule has 100 valence electrons. The fraction of sp³-hybridized carbons (Fsp3) is 0.923. The van der Waals surface area contributed by atoms with E-state index in [1.165, 1.54) is 6.42 Å². The third-order valence-electron chi connectivity index (χ3n) is 2.88. The third-order valence-corrected chi connectivity index (χ3v) is 2.88. The molecule has 1 amide bonds. The summed E-state index contributed by atoms with van der Waals surface area (Å²) in [5.74, 6) is 0.524. The molecule has 1 aliphatic heterocycles. The first-order valence-electron chi connectivity index (χ1n) is 6.51. The molecule has 1 rings (SSSR count). The second kappa shape index (κ2) is 5.71. The van der Waals surface area contributed by atoms with Crippen LogP contribution in [0.2, 0.25) is 0 Å². The Morgan fingerprint density at radius 3 is 2.71 bits per heavy atom. The molecule has 0 aromatic carbocycles. The van der Waals surface area contributed by atoms with Crippen molar-refractivity contribution in [1.29, 1.82) is 0 Å². The van der Waals surface area contributed by atoms with Gasteiger partial charge in [0.1, 0.15) is 5.60 Å². The number of hydrogen-bond acceptors (Lipinski definition) is 3. The lowest BCUT2D eigenvalue weighted by atomic mass is 9.92. The van der Waals surface area contributed by atoms with E-state index < -0.39 is 5.60 Å². The van der Waals surface area contributed by atoms with Crippen molar-refractivity contribution in [2.75, 3.05) is 13.1 Å². The SMILES string of the molecule is CC(N)CC1CCCN(C(=O)OC(C)(C)C)C1. The molecule has 1 aliphatic rings. The van der Waals surface area contributed by atoms with E-state index in [-0.39, 0.29) is 12.1 Å². The van der Waals surface area contributed by atoms with E-state index in [1.54, 1.807) is 0 Å². The number of piperidine rings is 1. The largest absolute Gasteiger partial charge is 0.444 e. The minimum Gasteiger partial charge on any atom is -0.444 e. The molecule has 1 fully saturated rings. The monoisotopic (exact) mass is 242 g/mol. The van der Waals surface area contributed by atoms with Gasteiger partial charge in [-0.15, -0.1) is 0 Å². The van der Waals surface area contributed by atoms with E-state index in [0.29, 0.717) is 5.92 Å². The van der Waals surface area contributed by atoms with Gasteiger partial charge in [-0.05, 0) is 52.9 Å². The van der Waals surface area contributed by atoms with Crippen molar-refractivity contribution >= 4 is 6.09 Å². The van der Waals surface area contributed by atoms with E-state index in [9.17, 15) is 4.79 Å². The predicted molar refractivity (Wildman–Crippen MR) is 68.8 cm³/mol. The van der Waals surface area contributed by atoms with Crippen molar-refractivity contribution in [3.63, 3.8) is 0 Å². The molecule has 1 heterocycles. The van der Waals surface area contributed by atoms with Crippen molar-refractivity contribution in [3.05, 3.63) is 0 Å². The van der Waals surface area contributed by atoms with Crippen LogP contribution >= 0.6 is 0 Å². The molecule has 0 bridgehead atoms. The van der Waals surface area contributed by atoms with E-state index in [4.69, 9.17) is 10.5 Å². The van der Waals surface area contributed by atoms with Gasteiger partial charge in [-0.3, -0.25) is 0 Å². The zero-order valence-electron chi connectivity index (χ0n) is 11.5. The Morgan fingerprint density at radius 1 is 1.53 bits per heavy atom. The summed E-state index contributed by atoms with van der Waals surface area (Å²) in [6.45, 7) is 9.31. The topological polar surface area (TPSA) is 55.6 Å². The van der Waals surface area contributed by atoms with Gasteiger partial charge in [0.15, 0.2) is 0 Å². The number of nitrogens with two attached hydrogens (primary N) is 1. The summed E-state index contributed by atoms with van der Waals surface area (Å²) in [6, 6.07) is 0.207. The lowest BCUT2D eigenvalue weighted by Gasteiger charge is -2.34. The summed E-state index contributed by atoms with van der Waals surface area (Å²) in [7, 11) is 0. The van der Waals surface area contributed by atoms with Crippen LogP contribution in [-0.4, -0.2) is 35.7 Å². The summed E-state index contributed by atoms with van der Waals surface area (Å²) in [4.78, 5) is 13.7. The number of amides is 1. The highest BCUT2D eigenvalue weighted by atomic mass is 16.6. The maximum absolute atomic E-state index is 11.9. The molecule has 0 saturated carbocycles. The average Bonchev–Trinajstić information content (AvgIpc) is 2.14. The van der Waals surface area contributed by atoms with Crippen molar-refractivity contribution in [3.8, 4) is 0 Å². The molecule has 0 radical (unpaired) electrons. The third kappa shape index (κ3) is 5.39. The van der Waals surface area contributed by atoms with Crippen molar-refractivity contribution in [2.45, 2.75) is 58.6 Å². The summed E-state index contributed by atoms with van der Waals surface area (Å²) in [6.07, 6.45) is 3.02. The van der Waals surface area contributed by atoms with E-state index in [1.807, 2.05) is 32.6 Å².